The Morgan fingerprint density at radius 2 is 1.95 bits per heavy atom. The molecule has 0 unspecified atom stereocenters. The number of hydrogen-bond acceptors (Lipinski definition) is 4. The molecule has 0 aliphatic carbocycles. The molecule has 0 fully saturated rings. The van der Waals surface area contributed by atoms with Gasteiger partial charge in [0.25, 0.3) is 10.0 Å². The molecule has 20 heavy (non-hydrogen) atoms. The predicted octanol–water partition coefficient (Wildman–Crippen LogP) is 1.54. The molecular weight excluding hydrogens is 283 g/mol. The van der Waals surface area contributed by atoms with Crippen LogP contribution in [0.4, 0.5) is 10.1 Å². The van der Waals surface area contributed by atoms with Gasteiger partial charge < -0.3 is 5.11 Å². The number of aromatic nitrogens is 1. The zero-order chi connectivity index (χ0) is 14.8. The van der Waals surface area contributed by atoms with Crippen molar-refractivity contribution < 1.29 is 17.9 Å². The third-order valence-electron chi connectivity index (χ3n) is 2.80. The highest BCUT2D eigenvalue weighted by Crippen LogP contribution is 2.23. The van der Waals surface area contributed by atoms with Crippen LogP contribution in [0.5, 0.6) is 0 Å². The summed E-state index contributed by atoms with van der Waals surface area (Å²) in [7, 11) is -2.68. The van der Waals surface area contributed by atoms with Crippen LogP contribution < -0.4 is 4.31 Å². The number of nitrogens with zero attached hydrogens (tertiary/aromatic N) is 2. The Morgan fingerprint density at radius 3 is 2.50 bits per heavy atom. The van der Waals surface area contributed by atoms with E-state index < -0.39 is 15.8 Å². The molecule has 0 amide bonds. The van der Waals surface area contributed by atoms with Crippen LogP contribution in [0.3, 0.4) is 0 Å². The molecule has 0 aliphatic rings. The molecule has 1 N–H and O–H groups in total. The number of pyridine rings is 1. The molecule has 1 aromatic heterocycles. The Balaban J connectivity index is 2.41. The highest BCUT2D eigenvalue weighted by molar-refractivity contribution is 7.92. The van der Waals surface area contributed by atoms with E-state index in [9.17, 15) is 12.8 Å². The first kappa shape index (κ1) is 14.4. The smallest absolute Gasteiger partial charge is 0.281 e. The molecule has 0 atom stereocenters. The summed E-state index contributed by atoms with van der Waals surface area (Å²) in [5.74, 6) is -0.634. The first-order valence-corrected chi connectivity index (χ1v) is 7.20. The molecule has 0 radical (unpaired) electrons. The van der Waals surface area contributed by atoms with Crippen molar-refractivity contribution >= 4 is 15.7 Å². The lowest BCUT2D eigenvalue weighted by Crippen LogP contribution is -2.28. The molecule has 0 aliphatic heterocycles. The quantitative estimate of drug-likeness (QED) is 0.929. The van der Waals surface area contributed by atoms with E-state index in [-0.39, 0.29) is 17.3 Å². The van der Waals surface area contributed by atoms with Gasteiger partial charge in [-0.3, -0.25) is 4.31 Å². The minimum absolute atomic E-state index is 0.0551. The number of halogens is 1. The van der Waals surface area contributed by atoms with Gasteiger partial charge in [-0.2, -0.15) is 8.42 Å². The summed E-state index contributed by atoms with van der Waals surface area (Å²) in [6, 6.07) is 8.31. The number of para-hydroxylation sites is 1. The zero-order valence-corrected chi connectivity index (χ0v) is 11.5. The fourth-order valence-corrected chi connectivity index (χ4v) is 2.75. The van der Waals surface area contributed by atoms with Crippen LogP contribution in [-0.4, -0.2) is 25.6 Å². The van der Waals surface area contributed by atoms with Gasteiger partial charge in [-0.25, -0.2) is 9.37 Å². The molecule has 2 rings (SSSR count). The van der Waals surface area contributed by atoms with Crippen molar-refractivity contribution in [1.29, 1.82) is 0 Å². The maximum Gasteiger partial charge on any atom is 0.281 e. The molecule has 7 heteroatoms. The second-order valence-corrected chi connectivity index (χ2v) is 6.00. The summed E-state index contributed by atoms with van der Waals surface area (Å²) in [5, 5.41) is 8.70. The average Bonchev–Trinajstić information content (AvgIpc) is 2.47. The number of sulfonamides is 1. The normalized spacial score (nSPS) is 11.3. The van der Waals surface area contributed by atoms with Crippen LogP contribution in [0.25, 0.3) is 0 Å². The number of rotatable bonds is 4. The summed E-state index contributed by atoms with van der Waals surface area (Å²) in [6.45, 7) is -0.226. The third kappa shape index (κ3) is 2.63. The lowest BCUT2D eigenvalue weighted by atomic mass is 10.3. The highest BCUT2D eigenvalue weighted by atomic mass is 32.2. The van der Waals surface area contributed by atoms with E-state index in [4.69, 9.17) is 5.11 Å². The zero-order valence-electron chi connectivity index (χ0n) is 10.7. The van der Waals surface area contributed by atoms with Crippen LogP contribution in [0, 0.1) is 5.82 Å². The van der Waals surface area contributed by atoms with Gasteiger partial charge in [0.2, 0.25) is 0 Å². The minimum Gasteiger partial charge on any atom is -0.392 e. The van der Waals surface area contributed by atoms with Crippen LogP contribution in [0.2, 0.25) is 0 Å². The maximum absolute atomic E-state index is 13.6. The lowest BCUT2D eigenvalue weighted by molar-refractivity contribution is 0.281. The Morgan fingerprint density at radius 1 is 1.25 bits per heavy atom. The molecule has 1 heterocycles. The van der Waals surface area contributed by atoms with Crippen LogP contribution in [0.15, 0.2) is 47.6 Å². The van der Waals surface area contributed by atoms with Crippen molar-refractivity contribution in [3.8, 4) is 0 Å². The van der Waals surface area contributed by atoms with Gasteiger partial charge in [0, 0.05) is 13.2 Å². The third-order valence-corrected chi connectivity index (χ3v) is 4.48. The summed E-state index contributed by atoms with van der Waals surface area (Å²) < 4.78 is 39.1. The second-order valence-electron chi connectivity index (χ2n) is 4.09. The van der Waals surface area contributed by atoms with Gasteiger partial charge in [0.05, 0.1) is 12.3 Å². The Kier molecular flexibility index (Phi) is 4.01. The van der Waals surface area contributed by atoms with E-state index in [1.807, 2.05) is 0 Å². The van der Waals surface area contributed by atoms with E-state index in [2.05, 4.69) is 4.98 Å². The van der Waals surface area contributed by atoms with E-state index >= 15 is 0 Å². The molecule has 5 nitrogen and oxygen atoms in total. The van der Waals surface area contributed by atoms with E-state index in [0.29, 0.717) is 5.56 Å². The Labute approximate surface area is 116 Å². The van der Waals surface area contributed by atoms with Gasteiger partial charge >= 0.3 is 0 Å². The number of aliphatic hydroxyl groups is 1. The monoisotopic (exact) mass is 296 g/mol. The molecule has 106 valence electrons. The largest absolute Gasteiger partial charge is 0.392 e. The lowest BCUT2D eigenvalue weighted by Gasteiger charge is -2.19. The van der Waals surface area contributed by atoms with Crippen molar-refractivity contribution in [3.63, 3.8) is 0 Å². The first-order valence-electron chi connectivity index (χ1n) is 5.76. The molecule has 0 saturated heterocycles. The summed E-state index contributed by atoms with van der Waals surface area (Å²) in [6.07, 6.45) is 1.27. The number of hydrogen-bond donors (Lipinski definition) is 1. The number of aliphatic hydroxyl groups excluding tert-OH is 1. The molecule has 0 bridgehead atoms. The first-order chi connectivity index (χ1) is 9.46. The highest BCUT2D eigenvalue weighted by Gasteiger charge is 2.24. The molecular formula is C13H13FN2O3S. The Bertz CT molecular complexity index is 702. The number of anilines is 1. The van der Waals surface area contributed by atoms with Crippen molar-refractivity contribution in [1.82, 2.24) is 4.98 Å². The van der Waals surface area contributed by atoms with Crippen LogP contribution in [0.1, 0.15) is 5.56 Å². The SMILES string of the molecule is CN(c1ccccc1F)S(=O)(=O)c1ccc(CO)cn1. The summed E-state index contributed by atoms with van der Waals surface area (Å²) in [4.78, 5) is 3.79. The molecule has 1 aromatic carbocycles. The maximum atomic E-state index is 13.6. The topological polar surface area (TPSA) is 70.5 Å². The average molecular weight is 296 g/mol. The van der Waals surface area contributed by atoms with Gasteiger partial charge in [0.1, 0.15) is 5.82 Å². The van der Waals surface area contributed by atoms with E-state index in [0.717, 1.165) is 4.31 Å². The van der Waals surface area contributed by atoms with E-state index in [1.54, 1.807) is 6.07 Å². The van der Waals surface area contributed by atoms with Crippen molar-refractivity contribution in [2.75, 3.05) is 11.4 Å². The molecule has 0 spiro atoms. The second kappa shape index (κ2) is 5.56. The minimum atomic E-state index is -3.94. The standard InChI is InChI=1S/C13H13FN2O3S/c1-16(12-5-3-2-4-11(12)14)20(18,19)13-7-6-10(9-17)8-15-13/h2-8,17H,9H2,1H3. The number of benzene rings is 1. The van der Waals surface area contributed by atoms with Crippen molar-refractivity contribution in [2.45, 2.75) is 11.6 Å². The van der Waals surface area contributed by atoms with Gasteiger partial charge in [0.15, 0.2) is 5.03 Å². The molecule has 0 saturated carbocycles. The Hall–Kier alpha value is -1.99. The fourth-order valence-electron chi connectivity index (χ4n) is 1.63. The molecule has 2 aromatic rings. The van der Waals surface area contributed by atoms with Gasteiger partial charge in [-0.05, 0) is 23.8 Å². The fraction of sp³-hybridized carbons (Fsp3) is 0.154. The predicted molar refractivity (Wildman–Crippen MR) is 72.1 cm³/mol. The van der Waals surface area contributed by atoms with E-state index in [1.165, 1.54) is 43.6 Å². The van der Waals surface area contributed by atoms with Gasteiger partial charge in [-0.1, -0.05) is 18.2 Å². The van der Waals surface area contributed by atoms with Crippen molar-refractivity contribution in [2.24, 2.45) is 0 Å². The van der Waals surface area contributed by atoms with Crippen LogP contribution in [-0.2, 0) is 16.6 Å². The van der Waals surface area contributed by atoms with Crippen molar-refractivity contribution in [3.05, 3.63) is 54.0 Å². The summed E-state index contributed by atoms with van der Waals surface area (Å²) >= 11 is 0. The van der Waals surface area contributed by atoms with Gasteiger partial charge in [-0.15, -0.1) is 0 Å². The summed E-state index contributed by atoms with van der Waals surface area (Å²) in [5.41, 5.74) is 0.443. The van der Waals surface area contributed by atoms with Crippen LogP contribution >= 0.6 is 0 Å².